The summed E-state index contributed by atoms with van der Waals surface area (Å²) < 4.78 is 10.5. The normalized spacial score (nSPS) is 15.6. The monoisotopic (exact) mass is 266 g/mol. The zero-order valence-electron chi connectivity index (χ0n) is 10.5. The molecular formula is C12H14N2O5. The minimum atomic E-state index is -0.667. The average Bonchev–Trinajstić information content (AvgIpc) is 3.09. The Balaban J connectivity index is 2.09. The lowest BCUT2D eigenvalue weighted by Crippen LogP contribution is -2.24. The second-order valence-corrected chi connectivity index (χ2v) is 4.35. The van der Waals surface area contributed by atoms with Gasteiger partial charge in [-0.1, -0.05) is 0 Å². The number of carbonyl (C=O) groups is 1. The Labute approximate surface area is 109 Å². The molecule has 1 aromatic heterocycles. The van der Waals surface area contributed by atoms with Crippen molar-refractivity contribution in [1.82, 2.24) is 4.98 Å². The van der Waals surface area contributed by atoms with E-state index in [9.17, 15) is 14.9 Å². The van der Waals surface area contributed by atoms with Crippen molar-refractivity contribution >= 4 is 11.8 Å². The van der Waals surface area contributed by atoms with Gasteiger partial charge in [0.15, 0.2) is 0 Å². The first-order valence-corrected chi connectivity index (χ1v) is 6.00. The van der Waals surface area contributed by atoms with Crippen LogP contribution in [0.1, 0.15) is 26.2 Å². The molecule has 1 aliphatic rings. The minimum Gasteiger partial charge on any atom is -0.478 e. The molecule has 0 spiro atoms. The number of aromatic nitrogens is 1. The Morgan fingerprint density at radius 1 is 1.58 bits per heavy atom. The van der Waals surface area contributed by atoms with Crippen molar-refractivity contribution in [2.45, 2.75) is 31.8 Å². The van der Waals surface area contributed by atoms with Crippen LogP contribution in [0.5, 0.6) is 5.75 Å². The molecule has 0 N–H and O–H groups in total. The van der Waals surface area contributed by atoms with Crippen LogP contribution < -0.4 is 4.74 Å². The van der Waals surface area contributed by atoms with Crippen LogP contribution in [-0.4, -0.2) is 28.1 Å². The largest absolute Gasteiger partial charge is 0.478 e. The lowest BCUT2D eigenvalue weighted by molar-refractivity contribution is -0.390. The van der Waals surface area contributed by atoms with Crippen molar-refractivity contribution in [3.63, 3.8) is 0 Å². The second-order valence-electron chi connectivity index (χ2n) is 4.35. The molecule has 7 nitrogen and oxygen atoms in total. The van der Waals surface area contributed by atoms with Gasteiger partial charge in [-0.05, 0) is 41.8 Å². The molecule has 1 saturated carbocycles. The van der Waals surface area contributed by atoms with E-state index in [0.29, 0.717) is 19.4 Å². The number of hydrogen-bond donors (Lipinski definition) is 0. The van der Waals surface area contributed by atoms with Crippen molar-refractivity contribution in [2.24, 2.45) is 0 Å². The summed E-state index contributed by atoms with van der Waals surface area (Å²) in [6, 6.07) is 3.04. The van der Waals surface area contributed by atoms with E-state index in [-0.39, 0.29) is 24.0 Å². The van der Waals surface area contributed by atoms with E-state index >= 15 is 0 Å². The quantitative estimate of drug-likeness (QED) is 0.443. The van der Waals surface area contributed by atoms with Crippen LogP contribution in [0.4, 0.5) is 5.82 Å². The third-order valence-electron chi connectivity index (χ3n) is 2.83. The number of nitrogens with zero attached hydrogens (tertiary/aromatic N) is 2. The number of rotatable bonds is 6. The van der Waals surface area contributed by atoms with Crippen molar-refractivity contribution in [1.29, 1.82) is 0 Å². The van der Waals surface area contributed by atoms with Crippen molar-refractivity contribution in [3.8, 4) is 5.75 Å². The van der Waals surface area contributed by atoms with E-state index in [2.05, 4.69) is 4.98 Å². The van der Waals surface area contributed by atoms with E-state index in [4.69, 9.17) is 9.47 Å². The highest BCUT2D eigenvalue weighted by Crippen LogP contribution is 2.44. The van der Waals surface area contributed by atoms with Gasteiger partial charge in [-0.2, -0.15) is 0 Å². The highest BCUT2D eigenvalue weighted by Gasteiger charge is 2.48. The van der Waals surface area contributed by atoms with Crippen LogP contribution in [0.2, 0.25) is 0 Å². The molecule has 0 unspecified atom stereocenters. The van der Waals surface area contributed by atoms with E-state index < -0.39 is 10.5 Å². The lowest BCUT2D eigenvalue weighted by atomic mass is 10.2. The molecular weight excluding hydrogens is 252 g/mol. The third kappa shape index (κ3) is 3.18. The fraction of sp³-hybridized carbons (Fsp3) is 0.500. The zero-order valence-corrected chi connectivity index (χ0v) is 10.5. The molecule has 0 amide bonds. The summed E-state index contributed by atoms with van der Waals surface area (Å²) in [4.78, 5) is 25.3. The Kier molecular flexibility index (Phi) is 3.64. The van der Waals surface area contributed by atoms with Crippen LogP contribution in [-0.2, 0) is 9.53 Å². The first kappa shape index (κ1) is 13.3. The number of esters is 1. The van der Waals surface area contributed by atoms with Crippen LogP contribution in [0.15, 0.2) is 18.3 Å². The molecule has 0 atom stereocenters. The summed E-state index contributed by atoms with van der Waals surface area (Å²) in [5.74, 6) is -0.599. The summed E-state index contributed by atoms with van der Waals surface area (Å²) in [5.41, 5.74) is -0.667. The highest BCUT2D eigenvalue weighted by molar-refractivity contribution is 5.71. The smallest absolute Gasteiger partial charge is 0.406 e. The van der Waals surface area contributed by atoms with Gasteiger partial charge < -0.3 is 19.6 Å². The standard InChI is InChI=1S/C12H14N2O5/c1-2-18-10(15)8-12(5-6-12)19-9-4-3-7-13-11(9)14(16)17/h3-4,7H,2,5-6,8H2,1H3. The second kappa shape index (κ2) is 5.21. The van der Waals surface area contributed by atoms with E-state index in [1.54, 1.807) is 13.0 Å². The molecule has 0 aromatic carbocycles. The number of nitro groups is 1. The van der Waals surface area contributed by atoms with Gasteiger partial charge >= 0.3 is 11.8 Å². The number of hydrogen-bond acceptors (Lipinski definition) is 6. The molecule has 0 bridgehead atoms. The third-order valence-corrected chi connectivity index (χ3v) is 2.83. The molecule has 0 radical (unpaired) electrons. The Bertz CT molecular complexity index is 499. The maximum Gasteiger partial charge on any atom is 0.406 e. The fourth-order valence-corrected chi connectivity index (χ4v) is 1.76. The topological polar surface area (TPSA) is 91.6 Å². The lowest BCUT2D eigenvalue weighted by Gasteiger charge is -2.16. The number of ether oxygens (including phenoxy) is 2. The van der Waals surface area contributed by atoms with Gasteiger partial charge in [0, 0.05) is 0 Å². The molecule has 1 aromatic rings. The Morgan fingerprint density at radius 3 is 2.89 bits per heavy atom. The summed E-state index contributed by atoms with van der Waals surface area (Å²) in [6.45, 7) is 2.03. The van der Waals surface area contributed by atoms with Gasteiger partial charge in [0.1, 0.15) is 11.8 Å². The molecule has 19 heavy (non-hydrogen) atoms. The van der Waals surface area contributed by atoms with Crippen LogP contribution >= 0.6 is 0 Å². The molecule has 7 heteroatoms. The van der Waals surface area contributed by atoms with Gasteiger partial charge in [-0.25, -0.2) is 0 Å². The molecule has 1 heterocycles. The summed E-state index contributed by atoms with van der Waals surface area (Å²) in [5, 5.41) is 10.8. The van der Waals surface area contributed by atoms with E-state index in [1.807, 2.05) is 0 Å². The summed E-state index contributed by atoms with van der Waals surface area (Å²) >= 11 is 0. The molecule has 102 valence electrons. The van der Waals surface area contributed by atoms with Crippen LogP contribution in [0.3, 0.4) is 0 Å². The van der Waals surface area contributed by atoms with Crippen LogP contribution in [0, 0.1) is 10.1 Å². The maximum absolute atomic E-state index is 11.5. The summed E-state index contributed by atoms with van der Waals surface area (Å²) in [7, 11) is 0. The molecule has 0 aliphatic heterocycles. The molecule has 1 aliphatic carbocycles. The molecule has 1 fully saturated rings. The van der Waals surface area contributed by atoms with Gasteiger partial charge in [0.05, 0.1) is 13.0 Å². The van der Waals surface area contributed by atoms with Crippen molar-refractivity contribution in [2.75, 3.05) is 6.61 Å². The number of pyridine rings is 1. The van der Waals surface area contributed by atoms with E-state index in [0.717, 1.165) is 0 Å². The van der Waals surface area contributed by atoms with E-state index in [1.165, 1.54) is 12.3 Å². The minimum absolute atomic E-state index is 0.0919. The maximum atomic E-state index is 11.5. The first-order chi connectivity index (χ1) is 9.06. The van der Waals surface area contributed by atoms with Gasteiger partial charge in [0.2, 0.25) is 5.75 Å². The summed E-state index contributed by atoms with van der Waals surface area (Å²) in [6.07, 6.45) is 2.79. The predicted molar refractivity (Wildman–Crippen MR) is 64.7 cm³/mol. The Morgan fingerprint density at radius 2 is 2.32 bits per heavy atom. The van der Waals surface area contributed by atoms with Crippen molar-refractivity contribution < 1.29 is 19.2 Å². The highest BCUT2D eigenvalue weighted by atomic mass is 16.6. The fourth-order valence-electron chi connectivity index (χ4n) is 1.76. The van der Waals surface area contributed by atoms with Gasteiger partial charge in [-0.15, -0.1) is 0 Å². The number of carbonyl (C=O) groups excluding carboxylic acids is 1. The Hall–Kier alpha value is -2.18. The van der Waals surface area contributed by atoms with Crippen LogP contribution in [0.25, 0.3) is 0 Å². The molecule has 0 saturated heterocycles. The predicted octanol–water partition coefficient (Wildman–Crippen LogP) is 1.85. The molecule has 2 rings (SSSR count). The van der Waals surface area contributed by atoms with Gasteiger partial charge in [0.25, 0.3) is 0 Å². The zero-order chi connectivity index (χ0) is 13.9. The SMILES string of the molecule is CCOC(=O)CC1(Oc2cccnc2[N+](=O)[O-])CC1. The van der Waals surface area contributed by atoms with Crippen molar-refractivity contribution in [3.05, 3.63) is 28.4 Å². The average molecular weight is 266 g/mol. The van der Waals surface area contributed by atoms with Gasteiger partial charge in [-0.3, -0.25) is 4.79 Å². The first-order valence-electron chi connectivity index (χ1n) is 6.00.